The van der Waals surface area contributed by atoms with Crippen LogP contribution in [0, 0.1) is 0 Å². The Hall–Kier alpha value is -1.15. The molecule has 0 aromatic heterocycles. The highest BCUT2D eigenvalue weighted by Gasteiger charge is 1.96. The van der Waals surface area contributed by atoms with E-state index in [2.05, 4.69) is 16.7 Å². The molecule has 0 aromatic rings. The summed E-state index contributed by atoms with van der Waals surface area (Å²) in [6.07, 6.45) is 2.69. The van der Waals surface area contributed by atoms with E-state index in [1.165, 1.54) is 0 Å². The molecule has 0 aliphatic rings. The Kier molecular flexibility index (Phi) is 5.29. The van der Waals surface area contributed by atoms with Gasteiger partial charge >= 0.3 is 0 Å². The van der Waals surface area contributed by atoms with Gasteiger partial charge in [0.25, 0.3) is 0 Å². The van der Waals surface area contributed by atoms with E-state index in [0.29, 0.717) is 6.54 Å². The average Bonchev–Trinajstić information content (AvgIpc) is 1.90. The standard InChI is InChI=1S/C6H12N4/c1-3-5-10(6-4-2)9-8-7/h3H,1,4-6H2,2H3. The molecule has 0 spiro atoms. The molecule has 0 rings (SSSR count). The van der Waals surface area contributed by atoms with Crippen molar-refractivity contribution in [1.29, 1.82) is 0 Å². The summed E-state index contributed by atoms with van der Waals surface area (Å²) in [5.74, 6) is 0. The van der Waals surface area contributed by atoms with Crippen LogP contribution in [0.2, 0.25) is 0 Å². The zero-order valence-electron chi connectivity index (χ0n) is 6.19. The predicted molar refractivity (Wildman–Crippen MR) is 41.2 cm³/mol. The van der Waals surface area contributed by atoms with Gasteiger partial charge in [0.15, 0.2) is 0 Å². The first kappa shape index (κ1) is 8.85. The third kappa shape index (κ3) is 3.80. The molecule has 10 heavy (non-hydrogen) atoms. The zero-order valence-corrected chi connectivity index (χ0v) is 6.19. The molecule has 0 heterocycles. The van der Waals surface area contributed by atoms with Gasteiger partial charge < -0.3 is 0 Å². The molecule has 0 saturated heterocycles. The normalized spacial score (nSPS) is 8.10. The quantitative estimate of drug-likeness (QED) is 0.190. The minimum atomic E-state index is 0.623. The molecule has 0 aromatic carbocycles. The summed E-state index contributed by atoms with van der Waals surface area (Å²) < 4.78 is 0. The Bertz CT molecular complexity index is 137. The Labute approximate surface area is 60.7 Å². The van der Waals surface area contributed by atoms with E-state index >= 15 is 0 Å². The number of nitrogens with zero attached hydrogens (tertiary/aromatic N) is 4. The third-order valence-corrected chi connectivity index (χ3v) is 0.988. The lowest BCUT2D eigenvalue weighted by Crippen LogP contribution is -2.16. The van der Waals surface area contributed by atoms with Crippen LogP contribution in [0.15, 0.2) is 17.9 Å². The minimum Gasteiger partial charge on any atom is -0.244 e. The van der Waals surface area contributed by atoms with Gasteiger partial charge in [-0.25, -0.2) is 5.01 Å². The molecule has 0 aliphatic carbocycles. The fraction of sp³-hybridized carbons (Fsp3) is 0.667. The third-order valence-electron chi connectivity index (χ3n) is 0.988. The van der Waals surface area contributed by atoms with E-state index < -0.39 is 0 Å². The van der Waals surface area contributed by atoms with Crippen molar-refractivity contribution in [2.45, 2.75) is 13.3 Å². The van der Waals surface area contributed by atoms with Crippen LogP contribution in [-0.2, 0) is 0 Å². The molecule has 0 radical (unpaired) electrons. The molecule has 0 N–H and O–H groups in total. The molecule has 4 heteroatoms. The highest BCUT2D eigenvalue weighted by Crippen LogP contribution is 1.91. The van der Waals surface area contributed by atoms with Gasteiger partial charge in [-0.15, -0.1) is 5.53 Å². The first-order valence-corrected chi connectivity index (χ1v) is 3.26. The summed E-state index contributed by atoms with van der Waals surface area (Å²) in [6.45, 7) is 6.98. The second-order valence-corrected chi connectivity index (χ2v) is 1.88. The topological polar surface area (TPSA) is 52.0 Å². The monoisotopic (exact) mass is 140 g/mol. The highest BCUT2D eigenvalue weighted by molar-refractivity contribution is 4.70. The van der Waals surface area contributed by atoms with Crippen molar-refractivity contribution in [3.05, 3.63) is 23.1 Å². The van der Waals surface area contributed by atoms with Crippen molar-refractivity contribution >= 4 is 0 Å². The van der Waals surface area contributed by atoms with Crippen LogP contribution in [-0.4, -0.2) is 18.1 Å². The van der Waals surface area contributed by atoms with E-state index in [-0.39, 0.29) is 0 Å². The molecule has 0 bridgehead atoms. The van der Waals surface area contributed by atoms with Crippen LogP contribution in [0.1, 0.15) is 13.3 Å². The lowest BCUT2D eigenvalue weighted by molar-refractivity contribution is 0.314. The highest BCUT2D eigenvalue weighted by atomic mass is 15.5. The van der Waals surface area contributed by atoms with E-state index in [1.807, 2.05) is 6.92 Å². The van der Waals surface area contributed by atoms with Crippen LogP contribution < -0.4 is 0 Å². The van der Waals surface area contributed by atoms with Gasteiger partial charge in [-0.1, -0.05) is 19.6 Å². The van der Waals surface area contributed by atoms with Gasteiger partial charge in [-0.3, -0.25) is 0 Å². The first-order valence-electron chi connectivity index (χ1n) is 3.26. The van der Waals surface area contributed by atoms with Gasteiger partial charge in [-0.2, -0.15) is 4.91 Å². The molecule has 4 nitrogen and oxygen atoms in total. The minimum absolute atomic E-state index is 0.623. The molecule has 0 atom stereocenters. The van der Waals surface area contributed by atoms with Crippen LogP contribution in [0.3, 0.4) is 0 Å². The van der Waals surface area contributed by atoms with Crippen molar-refractivity contribution in [1.82, 2.24) is 5.01 Å². The van der Waals surface area contributed by atoms with Crippen molar-refractivity contribution in [2.75, 3.05) is 13.1 Å². The summed E-state index contributed by atoms with van der Waals surface area (Å²) in [7, 11) is 0. The molecule has 0 unspecified atom stereocenters. The van der Waals surface area contributed by atoms with Crippen molar-refractivity contribution < 1.29 is 0 Å². The summed E-state index contributed by atoms with van der Waals surface area (Å²) in [5, 5.41) is 5.08. The van der Waals surface area contributed by atoms with Gasteiger partial charge in [-0.05, 0) is 11.6 Å². The van der Waals surface area contributed by atoms with Gasteiger partial charge in [0.1, 0.15) is 6.54 Å². The van der Waals surface area contributed by atoms with Crippen molar-refractivity contribution in [2.24, 2.45) is 5.22 Å². The van der Waals surface area contributed by atoms with Crippen LogP contribution in [0.25, 0.3) is 10.4 Å². The second kappa shape index (κ2) is 5.98. The Morgan fingerprint density at radius 3 is 2.90 bits per heavy atom. The fourth-order valence-electron chi connectivity index (χ4n) is 0.636. The van der Waals surface area contributed by atoms with E-state index in [4.69, 9.17) is 5.53 Å². The molecular weight excluding hydrogens is 128 g/mol. The van der Waals surface area contributed by atoms with E-state index in [0.717, 1.165) is 13.0 Å². The van der Waals surface area contributed by atoms with Crippen LogP contribution >= 0.6 is 0 Å². The van der Waals surface area contributed by atoms with Gasteiger partial charge in [0.2, 0.25) is 0 Å². The Balaban J connectivity index is 3.70. The Morgan fingerprint density at radius 2 is 2.50 bits per heavy atom. The number of hydrogen-bond donors (Lipinski definition) is 0. The predicted octanol–water partition coefficient (Wildman–Crippen LogP) is 2.11. The molecule has 0 fully saturated rings. The summed E-state index contributed by atoms with van der Waals surface area (Å²) in [4.78, 5) is 2.68. The SMILES string of the molecule is C=CCN(CCC)N=[N+]=[N-]. The van der Waals surface area contributed by atoms with Gasteiger partial charge in [0, 0.05) is 0 Å². The van der Waals surface area contributed by atoms with Gasteiger partial charge in [0.05, 0.1) is 6.54 Å². The van der Waals surface area contributed by atoms with E-state index in [9.17, 15) is 0 Å². The molecular formula is C6H12N4. The maximum Gasteiger partial charge on any atom is 0.107 e. The lowest BCUT2D eigenvalue weighted by Gasteiger charge is -2.08. The van der Waals surface area contributed by atoms with Crippen molar-refractivity contribution in [3.8, 4) is 0 Å². The van der Waals surface area contributed by atoms with Crippen molar-refractivity contribution in [3.63, 3.8) is 0 Å². The first-order chi connectivity index (χ1) is 4.85. The summed E-state index contributed by atoms with van der Waals surface area (Å²) in [5.41, 5.74) is 8.07. The largest absolute Gasteiger partial charge is 0.244 e. The molecule has 0 saturated carbocycles. The Morgan fingerprint density at radius 1 is 1.80 bits per heavy atom. The number of hydrogen-bond acceptors (Lipinski definition) is 1. The maximum atomic E-state index is 8.07. The molecule has 0 amide bonds. The molecule has 0 aliphatic heterocycles. The van der Waals surface area contributed by atoms with Crippen LogP contribution in [0.4, 0.5) is 0 Å². The summed E-state index contributed by atoms with van der Waals surface area (Å²) >= 11 is 0. The smallest absolute Gasteiger partial charge is 0.107 e. The maximum absolute atomic E-state index is 8.07. The fourth-order valence-corrected chi connectivity index (χ4v) is 0.636. The number of rotatable bonds is 5. The second-order valence-electron chi connectivity index (χ2n) is 1.88. The zero-order chi connectivity index (χ0) is 7.82. The average molecular weight is 140 g/mol. The molecule has 56 valence electrons. The van der Waals surface area contributed by atoms with E-state index in [1.54, 1.807) is 11.1 Å². The lowest BCUT2D eigenvalue weighted by atomic mass is 10.4. The summed E-state index contributed by atoms with van der Waals surface area (Å²) in [6, 6.07) is 0. The van der Waals surface area contributed by atoms with Crippen LogP contribution in [0.5, 0.6) is 0 Å². The number of azide groups is 1.